The zero-order valence-corrected chi connectivity index (χ0v) is 15.4. The summed E-state index contributed by atoms with van der Waals surface area (Å²) in [5.74, 6) is 0. The topological polar surface area (TPSA) is 38.3 Å². The molecule has 4 heteroatoms. The van der Waals surface area contributed by atoms with E-state index in [1.54, 1.807) is 0 Å². The van der Waals surface area contributed by atoms with Crippen LogP contribution in [-0.2, 0) is 4.74 Å². The lowest BCUT2D eigenvalue weighted by Crippen LogP contribution is -2.65. The number of quaternary nitrogens is 1. The van der Waals surface area contributed by atoms with E-state index in [2.05, 4.69) is 24.4 Å². The second-order valence-corrected chi connectivity index (χ2v) is 7.69. The molecule has 1 amide bonds. The fraction of sp³-hybridized carbons (Fsp3) is 0.409. The number of nitrogens with one attached hydrogen (secondary N) is 1. The molecular weight excluding hydrogens is 324 g/mol. The molecule has 3 fully saturated rings. The predicted molar refractivity (Wildman–Crippen MR) is 104 cm³/mol. The monoisotopic (exact) mass is 351 g/mol. The summed E-state index contributed by atoms with van der Waals surface area (Å²) in [6.45, 7) is 6.85. The lowest BCUT2D eigenvalue weighted by Gasteiger charge is -2.53. The van der Waals surface area contributed by atoms with Crippen LogP contribution in [0.4, 0.5) is 10.5 Å². The zero-order chi connectivity index (χ0) is 18.0. The van der Waals surface area contributed by atoms with Crippen molar-refractivity contribution >= 4 is 11.8 Å². The smallest absolute Gasteiger partial charge is 0.412 e. The van der Waals surface area contributed by atoms with Crippen LogP contribution in [0.1, 0.15) is 26.2 Å². The van der Waals surface area contributed by atoms with E-state index in [9.17, 15) is 4.79 Å². The first kappa shape index (κ1) is 17.1. The van der Waals surface area contributed by atoms with Gasteiger partial charge in [0.05, 0.1) is 31.9 Å². The summed E-state index contributed by atoms with van der Waals surface area (Å²) >= 11 is 0. The Morgan fingerprint density at radius 1 is 1.00 bits per heavy atom. The van der Waals surface area contributed by atoms with Gasteiger partial charge in [-0.3, -0.25) is 5.32 Å². The Balaban J connectivity index is 1.47. The van der Waals surface area contributed by atoms with Gasteiger partial charge < -0.3 is 9.22 Å². The second kappa shape index (κ2) is 6.76. The average molecular weight is 351 g/mol. The number of fused-ring (bicyclic) bond motifs is 3. The number of amides is 1. The van der Waals surface area contributed by atoms with Gasteiger partial charge in [-0.25, -0.2) is 4.79 Å². The minimum absolute atomic E-state index is 0.263. The van der Waals surface area contributed by atoms with Gasteiger partial charge in [-0.1, -0.05) is 48.5 Å². The maximum atomic E-state index is 12.7. The molecule has 0 aromatic heterocycles. The van der Waals surface area contributed by atoms with Gasteiger partial charge in [-0.05, 0) is 18.6 Å². The van der Waals surface area contributed by atoms with Crippen LogP contribution >= 0.6 is 0 Å². The number of benzene rings is 2. The normalized spacial score (nSPS) is 27.1. The van der Waals surface area contributed by atoms with Crippen LogP contribution in [0.15, 0.2) is 54.6 Å². The van der Waals surface area contributed by atoms with Gasteiger partial charge in [-0.15, -0.1) is 0 Å². The van der Waals surface area contributed by atoms with E-state index in [1.807, 2.05) is 42.5 Å². The van der Waals surface area contributed by atoms with Gasteiger partial charge in [-0.2, -0.15) is 0 Å². The largest absolute Gasteiger partial charge is 0.442 e. The summed E-state index contributed by atoms with van der Waals surface area (Å²) in [6, 6.07) is 18.0. The molecule has 3 aliphatic rings. The van der Waals surface area contributed by atoms with E-state index in [-0.39, 0.29) is 11.7 Å². The third kappa shape index (κ3) is 3.21. The van der Waals surface area contributed by atoms with Crippen molar-refractivity contribution in [2.75, 3.05) is 31.5 Å². The molecule has 5 rings (SSSR count). The highest BCUT2D eigenvalue weighted by Gasteiger charge is 2.50. The first-order valence-electron chi connectivity index (χ1n) is 9.63. The maximum absolute atomic E-state index is 12.7. The van der Waals surface area contributed by atoms with Crippen molar-refractivity contribution in [2.24, 2.45) is 0 Å². The number of hydrogen-bond acceptors (Lipinski definition) is 2. The summed E-state index contributed by atoms with van der Waals surface area (Å²) in [6.07, 6.45) is 2.62. The van der Waals surface area contributed by atoms with Crippen molar-refractivity contribution in [1.82, 2.24) is 0 Å². The maximum Gasteiger partial charge on any atom is 0.412 e. The molecule has 136 valence electrons. The van der Waals surface area contributed by atoms with E-state index >= 15 is 0 Å². The fourth-order valence-corrected chi connectivity index (χ4v) is 4.45. The highest BCUT2D eigenvalue weighted by Crippen LogP contribution is 2.40. The number of rotatable bonds is 4. The second-order valence-electron chi connectivity index (χ2n) is 7.69. The molecule has 0 radical (unpaired) electrons. The molecule has 1 N–H and O–H groups in total. The molecule has 0 spiro atoms. The van der Waals surface area contributed by atoms with Crippen molar-refractivity contribution in [3.8, 4) is 11.1 Å². The first-order valence-corrected chi connectivity index (χ1v) is 9.63. The quantitative estimate of drug-likeness (QED) is 0.813. The summed E-state index contributed by atoms with van der Waals surface area (Å²) in [5, 5.41) is 2.99. The zero-order valence-electron chi connectivity index (χ0n) is 15.4. The van der Waals surface area contributed by atoms with Crippen LogP contribution in [0.3, 0.4) is 0 Å². The lowest BCUT2D eigenvalue weighted by molar-refractivity contribution is -0.943. The predicted octanol–water partition coefficient (Wildman–Crippen LogP) is 4.68. The van der Waals surface area contributed by atoms with Crippen LogP contribution in [-0.4, -0.2) is 42.4 Å². The number of carbonyl (C=O) groups excluding carboxylic acids is 1. The van der Waals surface area contributed by atoms with Gasteiger partial charge in [0.2, 0.25) is 0 Å². The van der Waals surface area contributed by atoms with Crippen molar-refractivity contribution in [3.05, 3.63) is 54.6 Å². The average Bonchev–Trinajstić information content (AvgIpc) is 2.70. The van der Waals surface area contributed by atoms with Crippen molar-refractivity contribution in [3.63, 3.8) is 0 Å². The van der Waals surface area contributed by atoms with Crippen LogP contribution < -0.4 is 5.32 Å². The van der Waals surface area contributed by atoms with Gasteiger partial charge >= 0.3 is 6.09 Å². The Labute approximate surface area is 155 Å². The van der Waals surface area contributed by atoms with E-state index < -0.39 is 0 Å². The molecule has 2 aromatic carbocycles. The number of ether oxygens (including phenoxy) is 1. The van der Waals surface area contributed by atoms with Gasteiger partial charge in [0, 0.05) is 24.8 Å². The lowest BCUT2D eigenvalue weighted by atomic mass is 9.81. The molecule has 3 saturated heterocycles. The minimum atomic E-state index is -0.327. The van der Waals surface area contributed by atoms with Gasteiger partial charge in [0.15, 0.2) is 0 Å². The van der Waals surface area contributed by atoms with Gasteiger partial charge in [0.1, 0.15) is 5.60 Å². The van der Waals surface area contributed by atoms with E-state index in [4.69, 9.17) is 4.74 Å². The molecule has 0 aliphatic carbocycles. The molecule has 26 heavy (non-hydrogen) atoms. The molecule has 0 unspecified atom stereocenters. The number of nitrogens with zero attached hydrogens (tertiary/aromatic N) is 1. The fourth-order valence-electron chi connectivity index (χ4n) is 4.45. The first-order chi connectivity index (χ1) is 12.6. The van der Waals surface area contributed by atoms with Crippen molar-refractivity contribution in [2.45, 2.75) is 31.8 Å². The number of carbonyl (C=O) groups is 1. The van der Waals surface area contributed by atoms with Crippen LogP contribution in [0.2, 0.25) is 0 Å². The molecule has 3 aliphatic heterocycles. The molecule has 2 bridgehead atoms. The molecule has 0 saturated carbocycles. The highest BCUT2D eigenvalue weighted by atomic mass is 16.6. The Hall–Kier alpha value is -2.33. The highest BCUT2D eigenvalue weighted by molar-refractivity contribution is 5.91. The van der Waals surface area contributed by atoms with Crippen LogP contribution in [0.5, 0.6) is 0 Å². The molecule has 2 aromatic rings. The van der Waals surface area contributed by atoms with E-state index in [0.29, 0.717) is 0 Å². The van der Waals surface area contributed by atoms with Crippen molar-refractivity contribution in [1.29, 1.82) is 0 Å². The van der Waals surface area contributed by atoms with Crippen LogP contribution in [0, 0.1) is 0 Å². The van der Waals surface area contributed by atoms with Crippen molar-refractivity contribution < 1.29 is 14.0 Å². The number of para-hydroxylation sites is 1. The Morgan fingerprint density at radius 2 is 1.62 bits per heavy atom. The molecular formula is C22H27N2O2+. The van der Waals surface area contributed by atoms with Crippen LogP contribution in [0.25, 0.3) is 11.1 Å². The third-order valence-corrected chi connectivity index (χ3v) is 6.35. The minimum Gasteiger partial charge on any atom is -0.442 e. The summed E-state index contributed by atoms with van der Waals surface area (Å²) in [4.78, 5) is 12.7. The van der Waals surface area contributed by atoms with Gasteiger partial charge in [0.25, 0.3) is 0 Å². The third-order valence-electron chi connectivity index (χ3n) is 6.35. The Bertz CT molecular complexity index is 763. The molecule has 3 heterocycles. The SMILES string of the molecule is CC[N+]12CCC(OC(=O)Nc3ccccc3-c3ccccc3)(CC1)CC2. The number of hydrogen-bond donors (Lipinski definition) is 1. The van der Waals surface area contributed by atoms with E-state index in [0.717, 1.165) is 55.7 Å². The molecule has 0 atom stereocenters. The summed E-state index contributed by atoms with van der Waals surface area (Å²) < 4.78 is 7.19. The summed E-state index contributed by atoms with van der Waals surface area (Å²) in [5.41, 5.74) is 2.63. The number of anilines is 1. The Morgan fingerprint density at radius 3 is 2.27 bits per heavy atom. The van der Waals surface area contributed by atoms with E-state index in [1.165, 1.54) is 11.0 Å². The molecule has 4 nitrogen and oxygen atoms in total. The standard InChI is InChI=1S/C22H26N2O2/c1-2-24-15-12-22(13-16-24,14-17-24)26-21(25)23-20-11-7-6-10-19(20)18-8-4-3-5-9-18/h3-11H,2,12-17H2,1H3/p+1. The summed E-state index contributed by atoms with van der Waals surface area (Å²) in [7, 11) is 0. The Kier molecular flexibility index (Phi) is 4.45. The number of piperidine rings is 3.